The average Bonchev–Trinajstić information content (AvgIpc) is 2.89. The number of fused-ring (bicyclic) bond motifs is 1. The zero-order chi connectivity index (χ0) is 14.2. The Morgan fingerprint density at radius 2 is 1.75 bits per heavy atom. The van der Waals surface area contributed by atoms with Gasteiger partial charge in [0.25, 0.3) is 0 Å². The predicted molar refractivity (Wildman–Crippen MR) is 69.1 cm³/mol. The van der Waals surface area contributed by atoms with Crippen LogP contribution in [0.15, 0.2) is 30.3 Å². The maximum atomic E-state index is 12.3. The van der Waals surface area contributed by atoms with Crippen molar-refractivity contribution in [3.05, 3.63) is 41.7 Å². The molecule has 0 unspecified atom stereocenters. The van der Waals surface area contributed by atoms with Crippen LogP contribution in [0.4, 0.5) is 4.79 Å². The number of nitrogens with one attached hydrogen (secondary N) is 1. The van der Waals surface area contributed by atoms with Gasteiger partial charge < -0.3 is 19.4 Å². The van der Waals surface area contributed by atoms with Gasteiger partial charge in [-0.25, -0.2) is 0 Å². The van der Waals surface area contributed by atoms with Crippen molar-refractivity contribution in [1.82, 2.24) is 5.32 Å². The standard InChI is InChI=1S/C13H12BNO5/c16-11-6-10-7-12(17)20-14(10,19-11)13(18)15-8-9-4-2-1-3-5-9/h1-5H,6-8H2,(H,15,18). The van der Waals surface area contributed by atoms with Gasteiger partial charge in [-0.15, -0.1) is 0 Å². The van der Waals surface area contributed by atoms with E-state index in [0.29, 0.717) is 5.82 Å². The second-order valence-electron chi connectivity index (χ2n) is 4.91. The molecule has 2 fully saturated rings. The van der Waals surface area contributed by atoms with E-state index in [2.05, 4.69) is 5.32 Å². The number of rotatable bonds is 3. The molecule has 3 rings (SSSR count). The first-order valence-corrected chi connectivity index (χ1v) is 6.35. The third kappa shape index (κ3) is 2.01. The monoisotopic (exact) mass is 273 g/mol. The first-order chi connectivity index (χ1) is 9.60. The fraction of sp³-hybridized carbons (Fsp3) is 0.231. The summed E-state index contributed by atoms with van der Waals surface area (Å²) in [6.45, 7) is -2.31. The van der Waals surface area contributed by atoms with Crippen LogP contribution in [-0.4, -0.2) is 24.3 Å². The highest BCUT2D eigenvalue weighted by atomic mass is 16.7. The number of amides is 1. The highest BCUT2D eigenvalue weighted by molar-refractivity contribution is 7.04. The Morgan fingerprint density at radius 3 is 2.35 bits per heavy atom. The number of carbonyl (C=O) groups excluding carboxylic acids is 3. The maximum absolute atomic E-state index is 12.3. The van der Waals surface area contributed by atoms with Gasteiger partial charge in [0, 0.05) is 12.4 Å². The molecule has 1 aromatic carbocycles. The van der Waals surface area contributed by atoms with E-state index in [1.54, 1.807) is 0 Å². The SMILES string of the molecule is O=C1C[C+]2CC(=O)O[B-]2(C(=O)NCc2ccccc2)O1. The largest absolute Gasteiger partial charge is 0.642 e. The van der Waals surface area contributed by atoms with Crippen LogP contribution in [0.2, 0.25) is 0 Å². The predicted octanol–water partition coefficient (Wildman–Crippen LogP) is 0.928. The van der Waals surface area contributed by atoms with Crippen LogP contribution in [-0.2, 0) is 25.4 Å². The summed E-state index contributed by atoms with van der Waals surface area (Å²) in [4.78, 5) is 35.0. The molecule has 2 heterocycles. The maximum Gasteiger partial charge on any atom is 0.642 e. The van der Waals surface area contributed by atoms with Crippen LogP contribution in [0.1, 0.15) is 18.4 Å². The van der Waals surface area contributed by atoms with Gasteiger partial charge in [-0.1, -0.05) is 30.3 Å². The summed E-state index contributed by atoms with van der Waals surface area (Å²) in [6.07, 6.45) is -0.0466. The normalized spacial score (nSPS) is 19.3. The molecule has 2 saturated heterocycles. The van der Waals surface area contributed by atoms with Crippen molar-refractivity contribution in [2.24, 2.45) is 0 Å². The van der Waals surface area contributed by atoms with Crippen LogP contribution in [0.3, 0.4) is 0 Å². The third-order valence-corrected chi connectivity index (χ3v) is 3.53. The van der Waals surface area contributed by atoms with Gasteiger partial charge in [-0.2, -0.15) is 0 Å². The van der Waals surface area contributed by atoms with Crippen LogP contribution in [0, 0.1) is 5.82 Å². The highest BCUT2D eigenvalue weighted by Gasteiger charge is 2.69. The average molecular weight is 273 g/mol. The van der Waals surface area contributed by atoms with Crippen LogP contribution in [0.5, 0.6) is 0 Å². The lowest BCUT2D eigenvalue weighted by Gasteiger charge is -2.23. The van der Waals surface area contributed by atoms with Gasteiger partial charge >= 0.3 is 18.5 Å². The van der Waals surface area contributed by atoms with Gasteiger partial charge in [0.15, 0.2) is 0 Å². The molecule has 0 bridgehead atoms. The lowest BCUT2D eigenvalue weighted by molar-refractivity contribution is -0.138. The molecule has 2 aliphatic heterocycles. The lowest BCUT2D eigenvalue weighted by Crippen LogP contribution is -2.54. The molecule has 20 heavy (non-hydrogen) atoms. The number of carbonyl (C=O) groups is 3. The lowest BCUT2D eigenvalue weighted by atomic mass is 9.48. The molecular weight excluding hydrogens is 261 g/mol. The Morgan fingerprint density at radius 1 is 1.15 bits per heavy atom. The summed E-state index contributed by atoms with van der Waals surface area (Å²) < 4.78 is 10.0. The minimum atomic E-state index is -2.60. The molecule has 0 aromatic heterocycles. The first kappa shape index (κ1) is 12.6. The van der Waals surface area contributed by atoms with E-state index in [9.17, 15) is 14.4 Å². The summed E-state index contributed by atoms with van der Waals surface area (Å²) in [6, 6.07) is 9.30. The van der Waals surface area contributed by atoms with E-state index >= 15 is 0 Å². The van der Waals surface area contributed by atoms with Crippen molar-refractivity contribution in [1.29, 1.82) is 0 Å². The molecular formula is C13H12BNO5. The number of hydrogen-bond donors (Lipinski definition) is 1. The minimum Gasteiger partial charge on any atom is -0.607 e. The van der Waals surface area contributed by atoms with Crippen LogP contribution in [0.25, 0.3) is 0 Å². The summed E-state index contributed by atoms with van der Waals surface area (Å²) in [7, 11) is 0. The van der Waals surface area contributed by atoms with E-state index < -0.39 is 24.3 Å². The molecule has 0 atom stereocenters. The van der Waals surface area contributed by atoms with Crippen molar-refractivity contribution in [3.63, 3.8) is 0 Å². The van der Waals surface area contributed by atoms with Crippen molar-refractivity contribution in [2.75, 3.05) is 0 Å². The van der Waals surface area contributed by atoms with Crippen molar-refractivity contribution in [2.45, 2.75) is 19.4 Å². The summed E-state index contributed by atoms with van der Waals surface area (Å²) in [5.74, 6) is -1.17. The molecule has 6 nitrogen and oxygen atoms in total. The fourth-order valence-electron chi connectivity index (χ4n) is 2.56. The Labute approximate surface area is 115 Å². The van der Waals surface area contributed by atoms with Crippen molar-refractivity contribution >= 4 is 24.3 Å². The third-order valence-electron chi connectivity index (χ3n) is 3.53. The second-order valence-corrected chi connectivity index (χ2v) is 4.91. The molecule has 0 aliphatic carbocycles. The molecule has 0 saturated carbocycles. The zero-order valence-corrected chi connectivity index (χ0v) is 10.6. The van der Waals surface area contributed by atoms with Gasteiger partial charge in [0.1, 0.15) is 12.8 Å². The molecule has 0 radical (unpaired) electrons. The van der Waals surface area contributed by atoms with Crippen LogP contribution < -0.4 is 5.32 Å². The summed E-state index contributed by atoms with van der Waals surface area (Å²) in [5.41, 5.74) is 0.906. The molecule has 1 N–H and O–H groups in total. The van der Waals surface area contributed by atoms with Crippen LogP contribution >= 0.6 is 0 Å². The van der Waals surface area contributed by atoms with Crippen molar-refractivity contribution < 1.29 is 23.7 Å². The molecule has 1 aromatic rings. The molecule has 2 aliphatic rings. The Kier molecular flexibility index (Phi) is 2.89. The quantitative estimate of drug-likeness (QED) is 0.654. The van der Waals surface area contributed by atoms with E-state index in [4.69, 9.17) is 9.31 Å². The highest BCUT2D eigenvalue weighted by Crippen LogP contribution is 2.40. The van der Waals surface area contributed by atoms with Gasteiger partial charge in [-0.3, -0.25) is 9.59 Å². The van der Waals surface area contributed by atoms with Gasteiger partial charge in [-0.05, 0) is 5.56 Å². The smallest absolute Gasteiger partial charge is 0.607 e. The van der Waals surface area contributed by atoms with E-state index in [1.807, 2.05) is 30.3 Å². The molecule has 1 amide bonds. The van der Waals surface area contributed by atoms with Crippen molar-refractivity contribution in [3.8, 4) is 0 Å². The number of hydrogen-bond acceptors (Lipinski definition) is 5. The van der Waals surface area contributed by atoms with Gasteiger partial charge in [0.2, 0.25) is 5.81 Å². The van der Waals surface area contributed by atoms with E-state index in [1.165, 1.54) is 0 Å². The molecule has 7 heteroatoms. The minimum absolute atomic E-state index is 0.0233. The zero-order valence-electron chi connectivity index (χ0n) is 10.6. The summed E-state index contributed by atoms with van der Waals surface area (Å²) in [5, 5.41) is 2.66. The number of benzene rings is 1. The Bertz CT molecular complexity index is 553. The topological polar surface area (TPSA) is 81.7 Å². The first-order valence-electron chi connectivity index (χ1n) is 6.35. The second kappa shape index (κ2) is 4.59. The van der Waals surface area contributed by atoms with E-state index in [-0.39, 0.29) is 19.4 Å². The van der Waals surface area contributed by atoms with E-state index in [0.717, 1.165) is 5.56 Å². The molecule has 102 valence electrons. The Balaban J connectivity index is 1.72. The fourth-order valence-corrected chi connectivity index (χ4v) is 2.56. The van der Waals surface area contributed by atoms with Gasteiger partial charge in [0.05, 0.1) is 0 Å². The molecule has 0 spiro atoms. The Hall–Kier alpha value is -2.44. The summed E-state index contributed by atoms with van der Waals surface area (Å²) >= 11 is 0.